The molecule has 0 bridgehead atoms. The van der Waals surface area contributed by atoms with Crippen LogP contribution in [0.5, 0.6) is 0 Å². The highest BCUT2D eigenvalue weighted by Crippen LogP contribution is 2.34. The van der Waals surface area contributed by atoms with Gasteiger partial charge in [0.15, 0.2) is 5.16 Å². The van der Waals surface area contributed by atoms with Gasteiger partial charge in [-0.1, -0.05) is 59.3 Å². The number of halogens is 1. The molecule has 3 heterocycles. The maximum Gasteiger partial charge on any atom is 0.253 e. The van der Waals surface area contributed by atoms with Gasteiger partial charge >= 0.3 is 0 Å². The van der Waals surface area contributed by atoms with Gasteiger partial charge in [0.2, 0.25) is 0 Å². The number of amides is 1. The van der Waals surface area contributed by atoms with Crippen LogP contribution in [-0.2, 0) is 4.79 Å². The van der Waals surface area contributed by atoms with E-state index in [2.05, 4.69) is 15.3 Å². The predicted molar refractivity (Wildman–Crippen MR) is 128 cm³/mol. The number of carbonyl (C=O) groups is 1. The van der Waals surface area contributed by atoms with E-state index in [4.69, 9.17) is 16.0 Å². The Balaban J connectivity index is 1.36. The highest BCUT2D eigenvalue weighted by Gasteiger charge is 2.34. The second-order valence-electron chi connectivity index (χ2n) is 7.64. The number of benzene rings is 2. The van der Waals surface area contributed by atoms with Gasteiger partial charge in [0.25, 0.3) is 5.91 Å². The van der Waals surface area contributed by atoms with E-state index in [0.29, 0.717) is 22.4 Å². The van der Waals surface area contributed by atoms with Crippen LogP contribution < -0.4 is 0 Å². The van der Waals surface area contributed by atoms with Crippen molar-refractivity contribution in [2.75, 3.05) is 5.75 Å². The summed E-state index contributed by atoms with van der Waals surface area (Å²) in [4.78, 5) is 13.3. The van der Waals surface area contributed by atoms with E-state index in [-0.39, 0.29) is 17.7 Å². The molecule has 1 amide bonds. The molecule has 2 aromatic heterocycles. The van der Waals surface area contributed by atoms with Crippen LogP contribution in [0.1, 0.15) is 29.3 Å². The van der Waals surface area contributed by atoms with E-state index in [1.807, 2.05) is 61.5 Å². The van der Waals surface area contributed by atoms with Gasteiger partial charge in [-0.15, -0.1) is 10.2 Å². The fourth-order valence-corrected chi connectivity index (χ4v) is 4.65. The van der Waals surface area contributed by atoms with Gasteiger partial charge in [0, 0.05) is 11.4 Å². The summed E-state index contributed by atoms with van der Waals surface area (Å²) < 4.78 is 7.43. The van der Waals surface area contributed by atoms with Crippen molar-refractivity contribution in [2.24, 2.45) is 5.10 Å². The van der Waals surface area contributed by atoms with Crippen molar-refractivity contribution >= 4 is 35.0 Å². The maximum atomic E-state index is 13.3. The SMILES string of the molecule is Cc1ccc(C2=NN(C(=O)CSc3nncn3-c3cccc(Cl)c3)C(c3ccco3)C2)cc1. The minimum absolute atomic E-state index is 0.135. The van der Waals surface area contributed by atoms with Gasteiger partial charge in [-0.3, -0.25) is 9.36 Å². The lowest BCUT2D eigenvalue weighted by molar-refractivity contribution is -0.130. The van der Waals surface area contributed by atoms with Crippen LogP contribution in [0.2, 0.25) is 5.02 Å². The van der Waals surface area contributed by atoms with Gasteiger partial charge < -0.3 is 4.42 Å². The van der Waals surface area contributed by atoms with E-state index in [9.17, 15) is 4.79 Å². The molecule has 9 heteroatoms. The van der Waals surface area contributed by atoms with Crippen LogP contribution in [0, 0.1) is 6.92 Å². The minimum atomic E-state index is -0.282. The molecule has 0 fully saturated rings. The smallest absolute Gasteiger partial charge is 0.253 e. The molecule has 2 aromatic carbocycles. The molecule has 1 aliphatic heterocycles. The number of aryl methyl sites for hydroxylation is 1. The number of aromatic nitrogens is 3. The summed E-state index contributed by atoms with van der Waals surface area (Å²) >= 11 is 7.42. The summed E-state index contributed by atoms with van der Waals surface area (Å²) in [6.07, 6.45) is 3.81. The molecule has 0 aliphatic carbocycles. The lowest BCUT2D eigenvalue weighted by Crippen LogP contribution is -2.28. The van der Waals surface area contributed by atoms with Crippen LogP contribution in [0.4, 0.5) is 0 Å². The van der Waals surface area contributed by atoms with Gasteiger partial charge in [-0.05, 0) is 42.8 Å². The molecular weight excluding hydrogens is 458 g/mol. The molecule has 0 saturated heterocycles. The Labute approximate surface area is 200 Å². The summed E-state index contributed by atoms with van der Waals surface area (Å²) in [7, 11) is 0. The highest BCUT2D eigenvalue weighted by molar-refractivity contribution is 7.99. The average molecular weight is 478 g/mol. The van der Waals surface area contributed by atoms with Crippen LogP contribution in [-0.4, -0.2) is 37.1 Å². The van der Waals surface area contributed by atoms with E-state index in [0.717, 1.165) is 17.0 Å². The summed E-state index contributed by atoms with van der Waals surface area (Å²) in [6, 6.07) is 19.0. The molecule has 1 unspecified atom stereocenters. The Morgan fingerprint density at radius 3 is 2.79 bits per heavy atom. The summed E-state index contributed by atoms with van der Waals surface area (Å²) in [6.45, 7) is 2.04. The molecular formula is C24H20ClN5O2S. The molecule has 166 valence electrons. The Morgan fingerprint density at radius 2 is 2.03 bits per heavy atom. The third-order valence-electron chi connectivity index (χ3n) is 5.35. The topological polar surface area (TPSA) is 76.5 Å². The fraction of sp³-hybridized carbons (Fsp3) is 0.167. The molecule has 5 rings (SSSR count). The summed E-state index contributed by atoms with van der Waals surface area (Å²) in [5.41, 5.74) is 3.86. The zero-order valence-electron chi connectivity index (χ0n) is 17.8. The van der Waals surface area contributed by atoms with Gasteiger partial charge in [-0.2, -0.15) is 5.10 Å². The van der Waals surface area contributed by atoms with Crippen LogP contribution in [0.3, 0.4) is 0 Å². The molecule has 0 saturated carbocycles. The first-order valence-corrected chi connectivity index (χ1v) is 11.7. The van der Waals surface area contributed by atoms with E-state index in [1.54, 1.807) is 23.2 Å². The first-order valence-electron chi connectivity index (χ1n) is 10.4. The zero-order valence-corrected chi connectivity index (χ0v) is 19.3. The number of nitrogens with zero attached hydrogens (tertiary/aromatic N) is 5. The molecule has 7 nitrogen and oxygen atoms in total. The molecule has 4 aromatic rings. The number of hydrogen-bond donors (Lipinski definition) is 0. The predicted octanol–water partition coefficient (Wildman–Crippen LogP) is 5.29. The lowest BCUT2D eigenvalue weighted by atomic mass is 10.0. The largest absolute Gasteiger partial charge is 0.467 e. The van der Waals surface area contributed by atoms with E-state index in [1.165, 1.54) is 22.3 Å². The number of carbonyl (C=O) groups excluding carboxylic acids is 1. The van der Waals surface area contributed by atoms with Crippen LogP contribution in [0.25, 0.3) is 5.69 Å². The van der Waals surface area contributed by atoms with Crippen molar-refractivity contribution in [3.63, 3.8) is 0 Å². The van der Waals surface area contributed by atoms with E-state index < -0.39 is 0 Å². The van der Waals surface area contributed by atoms with Crippen molar-refractivity contribution in [1.82, 2.24) is 19.8 Å². The second-order valence-corrected chi connectivity index (χ2v) is 9.02. The second kappa shape index (κ2) is 9.25. The first kappa shape index (κ1) is 21.5. The van der Waals surface area contributed by atoms with E-state index >= 15 is 0 Å². The van der Waals surface area contributed by atoms with Gasteiger partial charge in [0.05, 0.1) is 23.4 Å². The van der Waals surface area contributed by atoms with Gasteiger partial charge in [-0.25, -0.2) is 5.01 Å². The maximum absolute atomic E-state index is 13.3. The highest BCUT2D eigenvalue weighted by atomic mass is 35.5. The summed E-state index contributed by atoms with van der Waals surface area (Å²) in [5, 5.41) is 15.6. The van der Waals surface area contributed by atoms with Crippen molar-refractivity contribution in [2.45, 2.75) is 24.5 Å². The van der Waals surface area contributed by atoms with Crippen LogP contribution in [0.15, 0.2) is 87.9 Å². The van der Waals surface area contributed by atoms with Crippen molar-refractivity contribution < 1.29 is 9.21 Å². The monoisotopic (exact) mass is 477 g/mol. The lowest BCUT2D eigenvalue weighted by Gasteiger charge is -2.19. The molecule has 0 N–H and O–H groups in total. The normalized spacial score (nSPS) is 15.6. The third-order valence-corrected chi connectivity index (χ3v) is 6.51. The average Bonchev–Trinajstić information content (AvgIpc) is 3.58. The summed E-state index contributed by atoms with van der Waals surface area (Å²) in [5.74, 6) is 0.728. The van der Waals surface area contributed by atoms with Crippen molar-refractivity contribution in [3.05, 3.63) is 95.2 Å². The molecule has 0 radical (unpaired) electrons. The third kappa shape index (κ3) is 4.58. The number of hydrazone groups is 1. The quantitative estimate of drug-likeness (QED) is 0.352. The zero-order chi connectivity index (χ0) is 22.8. The Morgan fingerprint density at radius 1 is 1.18 bits per heavy atom. The van der Waals surface area contributed by atoms with Crippen LogP contribution >= 0.6 is 23.4 Å². The fourth-order valence-electron chi connectivity index (χ4n) is 3.68. The Hall–Kier alpha value is -3.36. The first-order chi connectivity index (χ1) is 16.1. The molecule has 0 spiro atoms. The number of hydrogen-bond acceptors (Lipinski definition) is 6. The number of rotatable bonds is 6. The molecule has 1 atom stereocenters. The molecule has 33 heavy (non-hydrogen) atoms. The van der Waals surface area contributed by atoms with Crippen molar-refractivity contribution in [3.8, 4) is 5.69 Å². The van der Waals surface area contributed by atoms with Gasteiger partial charge in [0.1, 0.15) is 18.1 Å². The minimum Gasteiger partial charge on any atom is -0.467 e. The molecule has 1 aliphatic rings. The van der Waals surface area contributed by atoms with Crippen molar-refractivity contribution in [1.29, 1.82) is 0 Å². The standard InChI is InChI=1S/C24H20ClN5O2S/c1-16-7-9-17(10-8-16)20-13-21(22-6-3-11-32-22)30(28-20)23(31)14-33-24-27-26-15-29(24)19-5-2-4-18(25)12-19/h2-12,15,21H,13-14H2,1H3. The number of thioether (sulfide) groups is 1. The number of furan rings is 1. The Bertz CT molecular complexity index is 1300. The Kier molecular flexibility index (Phi) is 6.02.